The highest BCUT2D eigenvalue weighted by Crippen LogP contribution is 2.15. The lowest BCUT2D eigenvalue weighted by Gasteiger charge is -2.25. The monoisotopic (exact) mass is 365 g/mol. The molecule has 0 atom stereocenters. The third-order valence-electron chi connectivity index (χ3n) is 4.27. The average Bonchev–Trinajstić information content (AvgIpc) is 2.63. The minimum Gasteiger partial charge on any atom is -0.363 e. The predicted octanol–water partition coefficient (Wildman–Crippen LogP) is 3.73. The van der Waals surface area contributed by atoms with Gasteiger partial charge in [0, 0.05) is 24.2 Å². The Morgan fingerprint density at radius 3 is 2.62 bits per heavy atom. The molecule has 1 aromatic heterocycles. The van der Waals surface area contributed by atoms with Crippen molar-refractivity contribution in [1.29, 1.82) is 0 Å². The second-order valence-corrected chi connectivity index (χ2v) is 6.78. The van der Waals surface area contributed by atoms with E-state index in [4.69, 9.17) is 12.2 Å². The lowest BCUT2D eigenvalue weighted by atomic mass is 10.1. The van der Waals surface area contributed by atoms with Gasteiger partial charge in [0.1, 0.15) is 0 Å². The van der Waals surface area contributed by atoms with Gasteiger partial charge in [-0.2, -0.15) is 0 Å². The zero-order valence-electron chi connectivity index (χ0n) is 15.1. The number of nitrogens with zero attached hydrogens (tertiary/aromatic N) is 1. The molecule has 0 amide bonds. The van der Waals surface area contributed by atoms with Crippen LogP contribution in [0.1, 0.15) is 23.6 Å². The van der Waals surface area contributed by atoms with Gasteiger partial charge in [0.2, 0.25) is 0 Å². The van der Waals surface area contributed by atoms with Crippen molar-refractivity contribution in [1.82, 2.24) is 15.2 Å². The SMILES string of the molecule is CCNC(=S)N(Cc1ccccc1)Cc1cc2cc(C)ccc2[nH]c1=O. The van der Waals surface area contributed by atoms with Crippen LogP contribution in [0.3, 0.4) is 0 Å². The maximum atomic E-state index is 12.5. The molecular weight excluding hydrogens is 342 g/mol. The van der Waals surface area contributed by atoms with Gasteiger partial charge in [-0.3, -0.25) is 4.79 Å². The Hall–Kier alpha value is -2.66. The number of benzene rings is 2. The van der Waals surface area contributed by atoms with Gasteiger partial charge in [0.05, 0.1) is 6.54 Å². The molecule has 5 heteroatoms. The summed E-state index contributed by atoms with van der Waals surface area (Å²) in [5, 5.41) is 4.89. The van der Waals surface area contributed by atoms with E-state index >= 15 is 0 Å². The number of aryl methyl sites for hydroxylation is 1. The number of hydrogen-bond donors (Lipinski definition) is 2. The molecule has 0 fully saturated rings. The first-order chi connectivity index (χ1) is 12.6. The van der Waals surface area contributed by atoms with E-state index in [1.54, 1.807) is 0 Å². The Balaban J connectivity index is 1.92. The normalized spacial score (nSPS) is 10.7. The maximum Gasteiger partial charge on any atom is 0.253 e. The summed E-state index contributed by atoms with van der Waals surface area (Å²) in [6.07, 6.45) is 0. The quantitative estimate of drug-likeness (QED) is 0.677. The fraction of sp³-hybridized carbons (Fsp3) is 0.238. The van der Waals surface area contributed by atoms with Crippen LogP contribution in [-0.2, 0) is 13.1 Å². The smallest absolute Gasteiger partial charge is 0.253 e. The highest BCUT2D eigenvalue weighted by Gasteiger charge is 2.13. The molecule has 0 aliphatic carbocycles. The summed E-state index contributed by atoms with van der Waals surface area (Å²) in [5.74, 6) is 0. The first kappa shape index (κ1) is 18.1. The topological polar surface area (TPSA) is 48.1 Å². The van der Waals surface area contributed by atoms with E-state index in [9.17, 15) is 4.79 Å². The zero-order chi connectivity index (χ0) is 18.5. The molecule has 134 valence electrons. The molecule has 0 aliphatic heterocycles. The number of aromatic amines is 1. The fourth-order valence-electron chi connectivity index (χ4n) is 2.96. The van der Waals surface area contributed by atoms with E-state index in [1.807, 2.05) is 55.1 Å². The van der Waals surface area contributed by atoms with E-state index in [2.05, 4.69) is 28.5 Å². The molecule has 0 bridgehead atoms. The van der Waals surface area contributed by atoms with Gasteiger partial charge in [-0.1, -0.05) is 42.0 Å². The third kappa shape index (κ3) is 4.29. The van der Waals surface area contributed by atoms with Crippen molar-refractivity contribution in [3.05, 3.63) is 81.6 Å². The van der Waals surface area contributed by atoms with Crippen molar-refractivity contribution in [3.63, 3.8) is 0 Å². The highest BCUT2D eigenvalue weighted by molar-refractivity contribution is 7.80. The lowest BCUT2D eigenvalue weighted by Crippen LogP contribution is -2.39. The minimum absolute atomic E-state index is 0.0706. The number of pyridine rings is 1. The standard InChI is InChI=1S/C21H23N3OS/c1-3-22-21(26)24(13-16-7-5-4-6-8-16)14-18-12-17-11-15(2)9-10-19(17)23-20(18)25/h4-12H,3,13-14H2,1-2H3,(H,22,26)(H,23,25). The van der Waals surface area contributed by atoms with Crippen LogP contribution in [0.4, 0.5) is 0 Å². The number of nitrogens with one attached hydrogen (secondary N) is 2. The van der Waals surface area contributed by atoms with E-state index in [0.29, 0.717) is 23.8 Å². The second-order valence-electron chi connectivity index (χ2n) is 6.39. The number of H-pyrrole nitrogens is 1. The fourth-order valence-corrected chi connectivity index (χ4v) is 3.23. The van der Waals surface area contributed by atoms with Crippen LogP contribution >= 0.6 is 12.2 Å². The van der Waals surface area contributed by atoms with Crippen molar-refractivity contribution in [2.45, 2.75) is 26.9 Å². The number of fused-ring (bicyclic) bond motifs is 1. The summed E-state index contributed by atoms with van der Waals surface area (Å²) >= 11 is 5.54. The molecule has 26 heavy (non-hydrogen) atoms. The van der Waals surface area contributed by atoms with Crippen LogP contribution in [0, 0.1) is 6.92 Å². The van der Waals surface area contributed by atoms with Crippen LogP contribution < -0.4 is 10.9 Å². The number of rotatable bonds is 5. The van der Waals surface area contributed by atoms with Crippen molar-refractivity contribution >= 4 is 28.2 Å². The summed E-state index contributed by atoms with van der Waals surface area (Å²) in [6.45, 7) is 5.92. The second kappa shape index (κ2) is 8.15. The molecule has 3 aromatic rings. The van der Waals surface area contributed by atoms with Crippen LogP contribution in [0.15, 0.2) is 59.4 Å². The first-order valence-corrected chi connectivity index (χ1v) is 9.17. The van der Waals surface area contributed by atoms with E-state index in [-0.39, 0.29) is 5.56 Å². The summed E-state index contributed by atoms with van der Waals surface area (Å²) < 4.78 is 0. The highest BCUT2D eigenvalue weighted by atomic mass is 32.1. The van der Waals surface area contributed by atoms with Crippen LogP contribution in [0.5, 0.6) is 0 Å². The van der Waals surface area contributed by atoms with Crippen LogP contribution in [-0.4, -0.2) is 21.5 Å². The summed E-state index contributed by atoms with van der Waals surface area (Å²) in [7, 11) is 0. The molecule has 1 heterocycles. The summed E-state index contributed by atoms with van der Waals surface area (Å²) in [4.78, 5) is 17.5. The first-order valence-electron chi connectivity index (χ1n) is 8.76. The molecule has 0 aliphatic rings. The maximum absolute atomic E-state index is 12.5. The molecule has 0 saturated carbocycles. The van der Waals surface area contributed by atoms with Crippen LogP contribution in [0.25, 0.3) is 10.9 Å². The van der Waals surface area contributed by atoms with Gasteiger partial charge in [-0.05, 0) is 55.2 Å². The van der Waals surface area contributed by atoms with E-state index in [0.717, 1.165) is 23.0 Å². The number of aromatic nitrogens is 1. The van der Waals surface area contributed by atoms with Crippen molar-refractivity contribution < 1.29 is 0 Å². The minimum atomic E-state index is -0.0706. The molecule has 0 saturated heterocycles. The number of hydrogen-bond acceptors (Lipinski definition) is 2. The molecule has 2 N–H and O–H groups in total. The van der Waals surface area contributed by atoms with Gasteiger partial charge >= 0.3 is 0 Å². The number of thiocarbonyl (C=S) groups is 1. The Labute approximate surface area is 158 Å². The van der Waals surface area contributed by atoms with Crippen molar-refractivity contribution in [3.8, 4) is 0 Å². The zero-order valence-corrected chi connectivity index (χ0v) is 15.9. The Morgan fingerprint density at radius 2 is 1.88 bits per heavy atom. The van der Waals surface area contributed by atoms with Crippen LogP contribution in [0.2, 0.25) is 0 Å². The van der Waals surface area contributed by atoms with Gasteiger partial charge < -0.3 is 15.2 Å². The molecule has 4 nitrogen and oxygen atoms in total. The van der Waals surface area contributed by atoms with Gasteiger partial charge in [0.25, 0.3) is 5.56 Å². The summed E-state index contributed by atoms with van der Waals surface area (Å²) in [6, 6.07) is 18.1. The Kier molecular flexibility index (Phi) is 5.68. The average molecular weight is 366 g/mol. The molecular formula is C21H23N3OS. The Bertz CT molecular complexity index is 966. The Morgan fingerprint density at radius 1 is 1.12 bits per heavy atom. The van der Waals surface area contributed by atoms with Gasteiger partial charge in [-0.15, -0.1) is 0 Å². The molecule has 0 spiro atoms. The van der Waals surface area contributed by atoms with E-state index in [1.165, 1.54) is 5.56 Å². The van der Waals surface area contributed by atoms with E-state index < -0.39 is 0 Å². The molecule has 0 unspecified atom stereocenters. The molecule has 2 aromatic carbocycles. The third-order valence-corrected chi connectivity index (χ3v) is 4.67. The lowest BCUT2D eigenvalue weighted by molar-refractivity contribution is 0.398. The van der Waals surface area contributed by atoms with Crippen molar-refractivity contribution in [2.24, 2.45) is 0 Å². The summed E-state index contributed by atoms with van der Waals surface area (Å²) in [5.41, 5.74) is 3.81. The van der Waals surface area contributed by atoms with Crippen molar-refractivity contribution in [2.75, 3.05) is 6.54 Å². The molecule has 3 rings (SSSR count). The molecule has 0 radical (unpaired) electrons. The largest absolute Gasteiger partial charge is 0.363 e. The predicted molar refractivity (Wildman–Crippen MR) is 111 cm³/mol. The van der Waals surface area contributed by atoms with Gasteiger partial charge in [-0.25, -0.2) is 0 Å². The van der Waals surface area contributed by atoms with Gasteiger partial charge in [0.15, 0.2) is 5.11 Å².